The van der Waals surface area contributed by atoms with Crippen LogP contribution in [0.5, 0.6) is 0 Å². The average Bonchev–Trinajstić information content (AvgIpc) is 2.56. The predicted octanol–water partition coefficient (Wildman–Crippen LogP) is 3.95. The highest BCUT2D eigenvalue weighted by molar-refractivity contribution is 7.15. The Bertz CT molecular complexity index is 319. The van der Waals surface area contributed by atoms with Crippen LogP contribution in [0, 0.1) is 0 Å². The number of hydrogen-bond donors (Lipinski definition) is 0. The van der Waals surface area contributed by atoms with Crippen LogP contribution in [0.4, 0.5) is 0 Å². The summed E-state index contributed by atoms with van der Waals surface area (Å²) in [6.07, 6.45) is 10.2. The van der Waals surface area contributed by atoms with Gasteiger partial charge in [0.15, 0.2) is 4.47 Å². The highest BCUT2D eigenvalue weighted by atomic mass is 35.5. The van der Waals surface area contributed by atoms with Crippen molar-refractivity contribution in [1.82, 2.24) is 9.88 Å². The molecular formula is C12H19ClN2S. The largest absolute Gasteiger partial charge is 0.298 e. The smallest absolute Gasteiger partial charge is 0.183 e. The molecule has 1 heterocycles. The lowest BCUT2D eigenvalue weighted by molar-refractivity contribution is 0.214. The van der Waals surface area contributed by atoms with Gasteiger partial charge in [0.05, 0.1) is 0 Å². The van der Waals surface area contributed by atoms with E-state index in [4.69, 9.17) is 11.6 Å². The van der Waals surface area contributed by atoms with Gasteiger partial charge in [0.2, 0.25) is 0 Å². The van der Waals surface area contributed by atoms with E-state index >= 15 is 0 Å². The van der Waals surface area contributed by atoms with Gasteiger partial charge in [0.1, 0.15) is 0 Å². The third kappa shape index (κ3) is 3.44. The first kappa shape index (κ1) is 12.3. The van der Waals surface area contributed by atoms with Crippen LogP contribution < -0.4 is 0 Å². The zero-order valence-corrected chi connectivity index (χ0v) is 11.4. The molecule has 0 saturated heterocycles. The van der Waals surface area contributed by atoms with Gasteiger partial charge < -0.3 is 0 Å². The second-order valence-electron chi connectivity index (χ2n) is 4.64. The Kier molecular flexibility index (Phi) is 4.62. The van der Waals surface area contributed by atoms with Crippen molar-refractivity contribution in [2.45, 2.75) is 51.1 Å². The van der Waals surface area contributed by atoms with Crippen LogP contribution in [0.2, 0.25) is 4.47 Å². The zero-order chi connectivity index (χ0) is 11.4. The van der Waals surface area contributed by atoms with Crippen LogP contribution in [0.3, 0.4) is 0 Å². The topological polar surface area (TPSA) is 16.1 Å². The summed E-state index contributed by atoms with van der Waals surface area (Å²) >= 11 is 7.44. The van der Waals surface area contributed by atoms with Crippen molar-refractivity contribution < 1.29 is 0 Å². The van der Waals surface area contributed by atoms with Crippen LogP contribution in [0.1, 0.15) is 43.4 Å². The zero-order valence-electron chi connectivity index (χ0n) is 9.79. The Hall–Kier alpha value is -0.120. The summed E-state index contributed by atoms with van der Waals surface area (Å²) < 4.78 is 0.657. The monoisotopic (exact) mass is 258 g/mol. The molecule has 90 valence electrons. The van der Waals surface area contributed by atoms with E-state index in [1.54, 1.807) is 11.3 Å². The first-order valence-corrected chi connectivity index (χ1v) is 7.25. The fourth-order valence-electron chi connectivity index (χ4n) is 2.43. The molecule has 0 aromatic carbocycles. The maximum atomic E-state index is 5.84. The first-order valence-electron chi connectivity index (χ1n) is 6.06. The molecule has 2 rings (SSSR count). The van der Waals surface area contributed by atoms with E-state index in [0.717, 1.165) is 12.6 Å². The Labute approximate surface area is 107 Å². The molecule has 1 fully saturated rings. The molecule has 0 spiro atoms. The minimum absolute atomic E-state index is 0.657. The molecule has 2 nitrogen and oxygen atoms in total. The molecule has 0 amide bonds. The molecular weight excluding hydrogens is 240 g/mol. The number of nitrogens with zero attached hydrogens (tertiary/aromatic N) is 2. The maximum absolute atomic E-state index is 5.84. The van der Waals surface area contributed by atoms with E-state index < -0.39 is 0 Å². The summed E-state index contributed by atoms with van der Waals surface area (Å²) in [5.74, 6) is 0. The fraction of sp³-hybridized carbons (Fsp3) is 0.750. The van der Waals surface area contributed by atoms with Crippen molar-refractivity contribution in [3.05, 3.63) is 15.5 Å². The second-order valence-corrected chi connectivity index (χ2v) is 6.34. The molecule has 0 N–H and O–H groups in total. The van der Waals surface area contributed by atoms with Crippen LogP contribution in [-0.4, -0.2) is 23.0 Å². The van der Waals surface area contributed by atoms with Gasteiger partial charge in [-0.2, -0.15) is 0 Å². The lowest BCUT2D eigenvalue weighted by atomic mass is 10.1. The number of rotatable bonds is 3. The van der Waals surface area contributed by atoms with Crippen molar-refractivity contribution in [1.29, 1.82) is 0 Å². The lowest BCUT2D eigenvalue weighted by Crippen LogP contribution is -2.30. The molecule has 0 radical (unpaired) electrons. The maximum Gasteiger partial charge on any atom is 0.183 e. The fourth-order valence-corrected chi connectivity index (χ4v) is 3.47. The van der Waals surface area contributed by atoms with Gasteiger partial charge in [-0.05, 0) is 19.9 Å². The molecule has 0 unspecified atom stereocenters. The summed E-state index contributed by atoms with van der Waals surface area (Å²) in [6.45, 7) is 0.995. The minimum Gasteiger partial charge on any atom is -0.298 e. The number of thiazole rings is 1. The molecule has 1 aliphatic rings. The van der Waals surface area contributed by atoms with E-state index in [-0.39, 0.29) is 0 Å². The van der Waals surface area contributed by atoms with Gasteiger partial charge in [-0.25, -0.2) is 4.98 Å². The van der Waals surface area contributed by atoms with Gasteiger partial charge >= 0.3 is 0 Å². The quantitative estimate of drug-likeness (QED) is 0.764. The highest BCUT2D eigenvalue weighted by Crippen LogP contribution is 2.24. The Morgan fingerprint density at radius 1 is 1.38 bits per heavy atom. The third-order valence-corrected chi connectivity index (χ3v) is 4.48. The molecule has 0 bridgehead atoms. The summed E-state index contributed by atoms with van der Waals surface area (Å²) in [7, 11) is 2.23. The van der Waals surface area contributed by atoms with Crippen LogP contribution >= 0.6 is 22.9 Å². The second kappa shape index (κ2) is 5.99. The molecule has 1 aliphatic carbocycles. The minimum atomic E-state index is 0.657. The standard InChI is InChI=1S/C12H19ClN2S/c1-15(9-11-8-14-12(13)16-11)10-6-4-2-3-5-7-10/h8,10H,2-7,9H2,1H3. The number of halogens is 1. The Morgan fingerprint density at radius 3 is 2.62 bits per heavy atom. The van der Waals surface area contributed by atoms with Crippen LogP contribution in [0.15, 0.2) is 6.20 Å². The molecule has 16 heavy (non-hydrogen) atoms. The van der Waals surface area contributed by atoms with Gasteiger partial charge in [-0.3, -0.25) is 4.90 Å². The first-order chi connectivity index (χ1) is 7.75. The van der Waals surface area contributed by atoms with Crippen molar-refractivity contribution in [3.8, 4) is 0 Å². The predicted molar refractivity (Wildman–Crippen MR) is 70.1 cm³/mol. The highest BCUT2D eigenvalue weighted by Gasteiger charge is 2.17. The van der Waals surface area contributed by atoms with Gasteiger partial charge in [0, 0.05) is 23.7 Å². The molecule has 1 saturated carbocycles. The SMILES string of the molecule is CN(Cc1cnc(Cl)s1)C1CCCCCC1. The average molecular weight is 259 g/mol. The molecule has 0 aliphatic heterocycles. The van der Waals surface area contributed by atoms with E-state index in [9.17, 15) is 0 Å². The van der Waals surface area contributed by atoms with Crippen molar-refractivity contribution in [2.24, 2.45) is 0 Å². The van der Waals surface area contributed by atoms with E-state index in [1.165, 1.54) is 43.4 Å². The van der Waals surface area contributed by atoms with Crippen LogP contribution in [-0.2, 0) is 6.54 Å². The van der Waals surface area contributed by atoms with Gasteiger partial charge in [0.25, 0.3) is 0 Å². The van der Waals surface area contributed by atoms with Crippen molar-refractivity contribution in [3.63, 3.8) is 0 Å². The van der Waals surface area contributed by atoms with Crippen LogP contribution in [0.25, 0.3) is 0 Å². The normalized spacial score (nSPS) is 18.9. The van der Waals surface area contributed by atoms with Gasteiger partial charge in [-0.15, -0.1) is 11.3 Å². The summed E-state index contributed by atoms with van der Waals surface area (Å²) in [5.41, 5.74) is 0. The Balaban J connectivity index is 1.88. The van der Waals surface area contributed by atoms with Crippen molar-refractivity contribution in [2.75, 3.05) is 7.05 Å². The summed E-state index contributed by atoms with van der Waals surface area (Å²) in [5, 5.41) is 0. The summed E-state index contributed by atoms with van der Waals surface area (Å²) in [4.78, 5) is 7.83. The number of hydrogen-bond acceptors (Lipinski definition) is 3. The third-order valence-electron chi connectivity index (χ3n) is 3.38. The van der Waals surface area contributed by atoms with Crippen molar-refractivity contribution >= 4 is 22.9 Å². The molecule has 1 aromatic heterocycles. The summed E-state index contributed by atoms with van der Waals surface area (Å²) in [6, 6.07) is 0.753. The molecule has 1 aromatic rings. The lowest BCUT2D eigenvalue weighted by Gasteiger charge is -2.26. The van der Waals surface area contributed by atoms with E-state index in [1.807, 2.05) is 6.20 Å². The van der Waals surface area contributed by atoms with E-state index in [0.29, 0.717) is 4.47 Å². The Morgan fingerprint density at radius 2 is 2.06 bits per heavy atom. The van der Waals surface area contributed by atoms with Gasteiger partial charge in [-0.1, -0.05) is 37.3 Å². The van der Waals surface area contributed by atoms with E-state index in [2.05, 4.69) is 16.9 Å². The number of aromatic nitrogens is 1. The molecule has 0 atom stereocenters. The molecule has 4 heteroatoms.